The minimum Gasteiger partial charge on any atom is -0.337 e. The Hall–Kier alpha value is -3.89. The molecule has 3 heterocycles. The van der Waals surface area contributed by atoms with Gasteiger partial charge in [-0.05, 0) is 30.3 Å². The Labute approximate surface area is 159 Å². The van der Waals surface area contributed by atoms with Gasteiger partial charge in [-0.15, -0.1) is 5.10 Å². The molecule has 0 atom stereocenters. The third kappa shape index (κ3) is 3.61. The number of H-pyrrole nitrogens is 1. The minimum atomic E-state index is -4.79. The van der Waals surface area contributed by atoms with Gasteiger partial charge in [-0.1, -0.05) is 0 Å². The van der Waals surface area contributed by atoms with Crippen LogP contribution in [0.2, 0.25) is 0 Å². The molecule has 0 aliphatic carbocycles. The molecule has 3 aromatic heterocycles. The second-order valence-corrected chi connectivity index (χ2v) is 5.92. The minimum absolute atomic E-state index is 0.0197. The van der Waals surface area contributed by atoms with Crippen molar-refractivity contribution in [2.45, 2.75) is 6.18 Å². The monoisotopic (exact) mass is 402 g/mol. The van der Waals surface area contributed by atoms with Gasteiger partial charge in [0.05, 0.1) is 22.8 Å². The third-order valence-corrected chi connectivity index (χ3v) is 3.99. The molecule has 0 fully saturated rings. The largest absolute Gasteiger partial charge is 0.417 e. The lowest BCUT2D eigenvalue weighted by Crippen LogP contribution is -2.14. The van der Waals surface area contributed by atoms with Crippen molar-refractivity contribution in [2.24, 2.45) is 0 Å². The van der Waals surface area contributed by atoms with Crippen LogP contribution in [0.3, 0.4) is 0 Å². The molecule has 0 unspecified atom stereocenters. The van der Waals surface area contributed by atoms with Gasteiger partial charge in [0.25, 0.3) is 5.91 Å². The normalized spacial score (nSPS) is 11.6. The first-order valence-corrected chi connectivity index (χ1v) is 8.13. The Balaban J connectivity index is 1.79. The van der Waals surface area contributed by atoms with Crippen molar-refractivity contribution in [2.75, 3.05) is 5.32 Å². The average Bonchev–Trinajstić information content (AvgIpc) is 3.12. The fourth-order valence-electron chi connectivity index (χ4n) is 2.74. The van der Waals surface area contributed by atoms with Gasteiger partial charge < -0.3 is 10.3 Å². The molecular formula is C18H10F4N6O. The van der Waals surface area contributed by atoms with Crippen LogP contribution in [-0.4, -0.2) is 31.1 Å². The Morgan fingerprint density at radius 1 is 1.14 bits per heavy atom. The van der Waals surface area contributed by atoms with Gasteiger partial charge in [-0.2, -0.15) is 18.3 Å². The van der Waals surface area contributed by atoms with Crippen molar-refractivity contribution in [1.82, 2.24) is 25.1 Å². The van der Waals surface area contributed by atoms with Crippen molar-refractivity contribution in [3.63, 3.8) is 0 Å². The summed E-state index contributed by atoms with van der Waals surface area (Å²) >= 11 is 0. The van der Waals surface area contributed by atoms with E-state index >= 15 is 0 Å². The molecule has 0 bridgehead atoms. The maximum Gasteiger partial charge on any atom is 0.417 e. The number of benzene rings is 1. The molecule has 0 radical (unpaired) electrons. The van der Waals surface area contributed by atoms with Crippen LogP contribution in [0.15, 0.2) is 48.9 Å². The summed E-state index contributed by atoms with van der Waals surface area (Å²) in [7, 11) is 0. The second-order valence-electron chi connectivity index (χ2n) is 5.92. The van der Waals surface area contributed by atoms with E-state index in [0.29, 0.717) is 6.07 Å². The van der Waals surface area contributed by atoms with Crippen LogP contribution < -0.4 is 5.32 Å². The van der Waals surface area contributed by atoms with E-state index < -0.39 is 23.5 Å². The highest BCUT2D eigenvalue weighted by Gasteiger charge is 2.35. The molecule has 146 valence electrons. The van der Waals surface area contributed by atoms with Gasteiger partial charge in [0, 0.05) is 18.0 Å². The number of fused-ring (bicyclic) bond motifs is 1. The number of amides is 1. The number of aromatic amines is 1. The van der Waals surface area contributed by atoms with Crippen LogP contribution >= 0.6 is 0 Å². The van der Waals surface area contributed by atoms with E-state index in [0.717, 1.165) is 12.1 Å². The van der Waals surface area contributed by atoms with Crippen molar-refractivity contribution in [1.29, 1.82) is 0 Å². The van der Waals surface area contributed by atoms with Gasteiger partial charge in [-0.3, -0.25) is 9.78 Å². The van der Waals surface area contributed by atoms with Crippen LogP contribution in [0.25, 0.3) is 22.4 Å². The van der Waals surface area contributed by atoms with E-state index in [4.69, 9.17) is 0 Å². The SMILES string of the molecule is O=C(Nc1cccnn1)c1cncc2[nH]c(-c3ccc(F)cc3C(F)(F)F)nc12. The highest BCUT2D eigenvalue weighted by Crippen LogP contribution is 2.37. The topological polar surface area (TPSA) is 96.5 Å². The quantitative estimate of drug-likeness (QED) is 0.508. The number of alkyl halides is 3. The summed E-state index contributed by atoms with van der Waals surface area (Å²) in [4.78, 5) is 23.3. The molecular weight excluding hydrogens is 392 g/mol. The van der Waals surface area contributed by atoms with Gasteiger partial charge in [0.1, 0.15) is 17.2 Å². The third-order valence-electron chi connectivity index (χ3n) is 3.99. The number of hydrogen-bond donors (Lipinski definition) is 2. The predicted octanol–water partition coefficient (Wildman–Crippen LogP) is 3.83. The molecule has 2 N–H and O–H groups in total. The number of halogens is 4. The van der Waals surface area contributed by atoms with E-state index in [1.54, 1.807) is 6.07 Å². The molecule has 4 aromatic rings. The number of hydrogen-bond acceptors (Lipinski definition) is 5. The van der Waals surface area contributed by atoms with Crippen molar-refractivity contribution in [3.8, 4) is 11.4 Å². The lowest BCUT2D eigenvalue weighted by Gasteiger charge is -2.11. The molecule has 0 saturated carbocycles. The molecule has 4 rings (SSSR count). The average molecular weight is 402 g/mol. The molecule has 0 saturated heterocycles. The van der Waals surface area contributed by atoms with Crippen molar-refractivity contribution < 1.29 is 22.4 Å². The summed E-state index contributed by atoms with van der Waals surface area (Å²) < 4.78 is 53.3. The number of aromatic nitrogens is 5. The van der Waals surface area contributed by atoms with Gasteiger partial charge in [-0.25, -0.2) is 9.37 Å². The maximum absolute atomic E-state index is 13.4. The fraction of sp³-hybridized carbons (Fsp3) is 0.0556. The molecule has 11 heteroatoms. The summed E-state index contributed by atoms with van der Waals surface area (Å²) in [6.45, 7) is 0. The summed E-state index contributed by atoms with van der Waals surface area (Å²) in [5, 5.41) is 9.88. The second kappa shape index (κ2) is 6.93. The Kier molecular flexibility index (Phi) is 4.41. The first kappa shape index (κ1) is 18.5. The van der Waals surface area contributed by atoms with Crippen molar-refractivity contribution in [3.05, 3.63) is 65.9 Å². The number of nitrogens with zero attached hydrogens (tertiary/aromatic N) is 4. The molecule has 0 spiro atoms. The number of anilines is 1. The first-order chi connectivity index (χ1) is 13.8. The number of nitrogens with one attached hydrogen (secondary N) is 2. The van der Waals surface area contributed by atoms with Gasteiger partial charge >= 0.3 is 6.18 Å². The first-order valence-electron chi connectivity index (χ1n) is 8.13. The Morgan fingerprint density at radius 2 is 1.97 bits per heavy atom. The summed E-state index contributed by atoms with van der Waals surface area (Å²) in [6, 6.07) is 5.35. The van der Waals surface area contributed by atoms with E-state index in [9.17, 15) is 22.4 Å². The Bertz CT molecular complexity index is 1210. The van der Waals surface area contributed by atoms with Crippen molar-refractivity contribution >= 4 is 22.8 Å². The van der Waals surface area contributed by atoms with Crippen LogP contribution in [0, 0.1) is 5.82 Å². The smallest absolute Gasteiger partial charge is 0.337 e. The zero-order valence-corrected chi connectivity index (χ0v) is 14.3. The van der Waals surface area contributed by atoms with Crippen LogP contribution in [0.4, 0.5) is 23.4 Å². The molecule has 1 aromatic carbocycles. The molecule has 0 aliphatic heterocycles. The number of carbonyl (C=O) groups excluding carboxylic acids is 1. The molecule has 0 aliphatic rings. The van der Waals surface area contributed by atoms with E-state index in [-0.39, 0.29) is 33.8 Å². The van der Waals surface area contributed by atoms with E-state index in [1.807, 2.05) is 0 Å². The molecule has 1 amide bonds. The summed E-state index contributed by atoms with van der Waals surface area (Å²) in [5.41, 5.74) is -1.17. The van der Waals surface area contributed by atoms with Gasteiger partial charge in [0.2, 0.25) is 0 Å². The lowest BCUT2D eigenvalue weighted by atomic mass is 10.1. The lowest BCUT2D eigenvalue weighted by molar-refractivity contribution is -0.137. The maximum atomic E-state index is 13.4. The van der Waals surface area contributed by atoms with E-state index in [2.05, 4.69) is 30.5 Å². The number of rotatable bonds is 3. The zero-order chi connectivity index (χ0) is 20.6. The van der Waals surface area contributed by atoms with Crippen LogP contribution in [0.1, 0.15) is 15.9 Å². The number of pyridine rings is 1. The van der Waals surface area contributed by atoms with Crippen LogP contribution in [0.5, 0.6) is 0 Å². The predicted molar refractivity (Wildman–Crippen MR) is 94.3 cm³/mol. The number of carbonyl (C=O) groups is 1. The Morgan fingerprint density at radius 3 is 2.69 bits per heavy atom. The highest BCUT2D eigenvalue weighted by molar-refractivity contribution is 6.11. The van der Waals surface area contributed by atoms with Gasteiger partial charge in [0.15, 0.2) is 5.82 Å². The summed E-state index contributed by atoms with van der Waals surface area (Å²) in [5.74, 6) is -1.63. The van der Waals surface area contributed by atoms with E-state index in [1.165, 1.54) is 24.7 Å². The number of imidazole rings is 1. The molecule has 29 heavy (non-hydrogen) atoms. The highest BCUT2D eigenvalue weighted by atomic mass is 19.4. The standard InChI is InChI=1S/C18H10F4N6O/c19-9-3-4-10(12(6-9)18(20,21)22)16-25-13-8-23-7-11(15(13)27-16)17(29)26-14-2-1-5-24-28-14/h1-8H,(H,25,27)(H,26,28,29). The van der Waals surface area contributed by atoms with Crippen LogP contribution in [-0.2, 0) is 6.18 Å². The molecule has 7 nitrogen and oxygen atoms in total. The fourth-order valence-corrected chi connectivity index (χ4v) is 2.74. The zero-order valence-electron chi connectivity index (χ0n) is 14.3. The summed E-state index contributed by atoms with van der Waals surface area (Å²) in [6.07, 6.45) is -0.810.